The minimum Gasteiger partial charge on any atom is -0.496 e. The SMILES string of the molecule is CCNC(=NCCCc1nnc2n1CCCCC2)NCCc1ccc(C)c(OC)c1. The second kappa shape index (κ2) is 11.6. The van der Waals surface area contributed by atoms with Gasteiger partial charge in [-0.15, -0.1) is 10.2 Å². The van der Waals surface area contributed by atoms with Crippen LogP contribution in [0.4, 0.5) is 0 Å². The monoisotopic (exact) mass is 412 g/mol. The Morgan fingerprint density at radius 2 is 2.07 bits per heavy atom. The smallest absolute Gasteiger partial charge is 0.191 e. The molecule has 1 aromatic carbocycles. The second-order valence-corrected chi connectivity index (χ2v) is 7.84. The molecule has 0 aliphatic carbocycles. The van der Waals surface area contributed by atoms with Crippen molar-refractivity contribution in [3.63, 3.8) is 0 Å². The van der Waals surface area contributed by atoms with E-state index in [0.29, 0.717) is 0 Å². The number of hydrogen-bond donors (Lipinski definition) is 2. The quantitative estimate of drug-likeness (QED) is 0.376. The van der Waals surface area contributed by atoms with Crippen LogP contribution in [0.2, 0.25) is 0 Å². The number of fused-ring (bicyclic) bond motifs is 1. The number of methoxy groups -OCH3 is 1. The fourth-order valence-electron chi connectivity index (χ4n) is 3.85. The van der Waals surface area contributed by atoms with Crippen molar-refractivity contribution in [3.05, 3.63) is 41.0 Å². The van der Waals surface area contributed by atoms with Crippen LogP contribution in [0.25, 0.3) is 0 Å². The number of aryl methyl sites for hydroxylation is 3. The third kappa shape index (κ3) is 6.21. The fourth-order valence-corrected chi connectivity index (χ4v) is 3.85. The lowest BCUT2D eigenvalue weighted by Gasteiger charge is -2.12. The van der Waals surface area contributed by atoms with E-state index in [1.165, 1.54) is 24.8 Å². The van der Waals surface area contributed by atoms with Gasteiger partial charge < -0.3 is 19.9 Å². The molecule has 0 unspecified atom stereocenters. The highest BCUT2D eigenvalue weighted by molar-refractivity contribution is 5.79. The van der Waals surface area contributed by atoms with Crippen molar-refractivity contribution in [2.24, 2.45) is 4.99 Å². The number of hydrogen-bond acceptors (Lipinski definition) is 4. The molecule has 1 aromatic heterocycles. The lowest BCUT2D eigenvalue weighted by atomic mass is 10.1. The zero-order chi connectivity index (χ0) is 21.2. The largest absolute Gasteiger partial charge is 0.496 e. The highest BCUT2D eigenvalue weighted by Gasteiger charge is 2.14. The molecular weight excluding hydrogens is 376 g/mol. The van der Waals surface area contributed by atoms with Crippen molar-refractivity contribution in [1.29, 1.82) is 0 Å². The van der Waals surface area contributed by atoms with Crippen LogP contribution < -0.4 is 15.4 Å². The van der Waals surface area contributed by atoms with E-state index in [4.69, 9.17) is 9.73 Å². The van der Waals surface area contributed by atoms with Gasteiger partial charge in [-0.2, -0.15) is 0 Å². The van der Waals surface area contributed by atoms with Crippen LogP contribution in [-0.4, -0.2) is 47.5 Å². The van der Waals surface area contributed by atoms with Gasteiger partial charge in [0.2, 0.25) is 0 Å². The Labute approximate surface area is 180 Å². The molecule has 164 valence electrons. The highest BCUT2D eigenvalue weighted by Crippen LogP contribution is 2.19. The van der Waals surface area contributed by atoms with Gasteiger partial charge in [-0.05, 0) is 56.7 Å². The summed E-state index contributed by atoms with van der Waals surface area (Å²) in [5.41, 5.74) is 2.42. The van der Waals surface area contributed by atoms with Crippen LogP contribution >= 0.6 is 0 Å². The number of guanidine groups is 1. The Morgan fingerprint density at radius 1 is 1.17 bits per heavy atom. The Balaban J connectivity index is 1.46. The van der Waals surface area contributed by atoms with Crippen molar-refractivity contribution in [1.82, 2.24) is 25.4 Å². The van der Waals surface area contributed by atoms with Crippen molar-refractivity contribution < 1.29 is 4.74 Å². The standard InChI is InChI=1S/C23H36N6O/c1-4-24-23(26-15-13-19-12-11-18(2)20(17-19)30-3)25-14-8-10-22-28-27-21-9-6-5-7-16-29(21)22/h11-12,17H,4-10,13-16H2,1-3H3,(H2,24,25,26). The third-order valence-corrected chi connectivity index (χ3v) is 5.54. The molecule has 1 aliphatic heterocycles. The molecule has 0 saturated carbocycles. The number of benzene rings is 1. The third-order valence-electron chi connectivity index (χ3n) is 5.54. The molecule has 0 amide bonds. The molecule has 0 saturated heterocycles. The molecule has 3 rings (SSSR count). The predicted molar refractivity (Wildman–Crippen MR) is 121 cm³/mol. The van der Waals surface area contributed by atoms with E-state index in [1.807, 2.05) is 0 Å². The topological polar surface area (TPSA) is 76.4 Å². The number of nitrogens with one attached hydrogen (secondary N) is 2. The van der Waals surface area contributed by atoms with E-state index in [2.05, 4.69) is 57.4 Å². The van der Waals surface area contributed by atoms with Crippen LogP contribution in [0.15, 0.2) is 23.2 Å². The lowest BCUT2D eigenvalue weighted by molar-refractivity contribution is 0.411. The van der Waals surface area contributed by atoms with Crippen molar-refractivity contribution in [2.75, 3.05) is 26.7 Å². The Morgan fingerprint density at radius 3 is 2.90 bits per heavy atom. The van der Waals surface area contributed by atoms with Gasteiger partial charge in [-0.1, -0.05) is 18.6 Å². The van der Waals surface area contributed by atoms with E-state index in [-0.39, 0.29) is 0 Å². The normalized spacial score (nSPS) is 14.2. The van der Waals surface area contributed by atoms with E-state index >= 15 is 0 Å². The average molecular weight is 413 g/mol. The molecule has 2 heterocycles. The summed E-state index contributed by atoms with van der Waals surface area (Å²) in [7, 11) is 1.72. The number of nitrogens with zero attached hydrogens (tertiary/aromatic N) is 4. The van der Waals surface area contributed by atoms with E-state index in [9.17, 15) is 0 Å². The summed E-state index contributed by atoms with van der Waals surface area (Å²) in [4.78, 5) is 4.73. The Bertz CT molecular complexity index is 829. The molecule has 0 bridgehead atoms. The summed E-state index contributed by atoms with van der Waals surface area (Å²) < 4.78 is 7.75. The Hall–Kier alpha value is -2.57. The first-order valence-electron chi connectivity index (χ1n) is 11.3. The van der Waals surface area contributed by atoms with E-state index in [1.54, 1.807) is 7.11 Å². The highest BCUT2D eigenvalue weighted by atomic mass is 16.5. The van der Waals surface area contributed by atoms with E-state index in [0.717, 1.165) is 80.8 Å². The number of aliphatic imine (C=N–C) groups is 1. The summed E-state index contributed by atoms with van der Waals surface area (Å²) in [6.07, 6.45) is 7.65. The van der Waals surface area contributed by atoms with Crippen molar-refractivity contribution in [3.8, 4) is 5.75 Å². The lowest BCUT2D eigenvalue weighted by Crippen LogP contribution is -2.38. The summed E-state index contributed by atoms with van der Waals surface area (Å²) >= 11 is 0. The molecule has 7 heteroatoms. The number of aromatic nitrogens is 3. The predicted octanol–water partition coefficient (Wildman–Crippen LogP) is 3.05. The molecule has 0 fully saturated rings. The molecule has 30 heavy (non-hydrogen) atoms. The fraction of sp³-hybridized carbons (Fsp3) is 0.609. The number of ether oxygens (including phenoxy) is 1. The molecule has 1 aliphatic rings. The van der Waals surface area contributed by atoms with Gasteiger partial charge in [0, 0.05) is 39.0 Å². The van der Waals surface area contributed by atoms with Gasteiger partial charge in [0.25, 0.3) is 0 Å². The molecule has 0 spiro atoms. The first-order chi connectivity index (χ1) is 14.7. The molecule has 0 atom stereocenters. The molecule has 2 aromatic rings. The van der Waals surface area contributed by atoms with Crippen LogP contribution in [-0.2, 0) is 25.8 Å². The zero-order valence-corrected chi connectivity index (χ0v) is 18.7. The molecule has 0 radical (unpaired) electrons. The second-order valence-electron chi connectivity index (χ2n) is 7.84. The van der Waals surface area contributed by atoms with Crippen LogP contribution in [0.5, 0.6) is 5.75 Å². The van der Waals surface area contributed by atoms with Gasteiger partial charge in [0.15, 0.2) is 5.96 Å². The summed E-state index contributed by atoms with van der Waals surface area (Å²) in [6, 6.07) is 6.38. The summed E-state index contributed by atoms with van der Waals surface area (Å²) in [6.45, 7) is 7.67. The van der Waals surface area contributed by atoms with Gasteiger partial charge in [-0.25, -0.2) is 0 Å². The van der Waals surface area contributed by atoms with Gasteiger partial charge >= 0.3 is 0 Å². The molecule has 7 nitrogen and oxygen atoms in total. The van der Waals surface area contributed by atoms with E-state index < -0.39 is 0 Å². The van der Waals surface area contributed by atoms with Crippen LogP contribution in [0.1, 0.15) is 55.4 Å². The first-order valence-corrected chi connectivity index (χ1v) is 11.3. The average Bonchev–Trinajstić information content (AvgIpc) is 2.98. The Kier molecular flexibility index (Phi) is 8.53. The maximum atomic E-state index is 5.42. The van der Waals surface area contributed by atoms with Gasteiger partial charge in [0.05, 0.1) is 7.11 Å². The number of rotatable bonds is 9. The minimum atomic E-state index is 0.774. The molecular formula is C23H36N6O. The first kappa shape index (κ1) is 22.1. The molecule has 2 N–H and O–H groups in total. The van der Waals surface area contributed by atoms with Crippen molar-refractivity contribution in [2.45, 2.75) is 65.3 Å². The summed E-state index contributed by atoms with van der Waals surface area (Å²) in [5.74, 6) is 4.10. The maximum Gasteiger partial charge on any atom is 0.191 e. The maximum absolute atomic E-state index is 5.42. The van der Waals surface area contributed by atoms with Gasteiger partial charge in [0.1, 0.15) is 17.4 Å². The van der Waals surface area contributed by atoms with Crippen LogP contribution in [0, 0.1) is 6.92 Å². The van der Waals surface area contributed by atoms with Crippen LogP contribution in [0.3, 0.4) is 0 Å². The minimum absolute atomic E-state index is 0.774. The van der Waals surface area contributed by atoms with Gasteiger partial charge in [-0.3, -0.25) is 4.99 Å². The zero-order valence-electron chi connectivity index (χ0n) is 18.7. The van der Waals surface area contributed by atoms with Crippen molar-refractivity contribution >= 4 is 5.96 Å². The summed E-state index contributed by atoms with van der Waals surface area (Å²) in [5, 5.41) is 15.6.